The minimum atomic E-state index is -0.421. The molecule has 2 N–H and O–H groups in total. The van der Waals surface area contributed by atoms with Crippen LogP contribution in [-0.4, -0.2) is 43.0 Å². The number of hydrogen-bond donors (Lipinski definition) is 2. The molecule has 23 heavy (non-hydrogen) atoms. The highest BCUT2D eigenvalue weighted by Gasteiger charge is 2.37. The molecule has 1 aliphatic rings. The Balaban J connectivity index is 0.00000264. The van der Waals surface area contributed by atoms with Gasteiger partial charge < -0.3 is 10.6 Å². The Bertz CT molecular complexity index is 542. The summed E-state index contributed by atoms with van der Waals surface area (Å²) in [5, 5.41) is 6.01. The van der Waals surface area contributed by atoms with Crippen molar-refractivity contribution in [2.45, 2.75) is 38.4 Å². The number of nitrogens with one attached hydrogen (secondary N) is 2. The maximum atomic E-state index is 13.8. The highest BCUT2D eigenvalue weighted by molar-refractivity contribution is 6.30. The highest BCUT2D eigenvalue weighted by atomic mass is 35.5. The molecule has 4 nitrogen and oxygen atoms in total. The van der Waals surface area contributed by atoms with Gasteiger partial charge in [0.2, 0.25) is 5.91 Å². The molecule has 2 rings (SSSR count). The number of benzene rings is 1. The zero-order valence-corrected chi connectivity index (χ0v) is 15.2. The third-order valence-corrected chi connectivity index (χ3v) is 4.38. The van der Waals surface area contributed by atoms with Gasteiger partial charge in [-0.25, -0.2) is 4.39 Å². The third-order valence-electron chi connectivity index (χ3n) is 4.07. The minimum absolute atomic E-state index is 0. The Morgan fingerprint density at radius 2 is 2.17 bits per heavy atom. The summed E-state index contributed by atoms with van der Waals surface area (Å²) in [4.78, 5) is 14.2. The molecule has 2 atom stereocenters. The lowest BCUT2D eigenvalue weighted by molar-refractivity contribution is -0.121. The van der Waals surface area contributed by atoms with E-state index in [1.54, 1.807) is 13.1 Å². The molecule has 7 heteroatoms. The van der Waals surface area contributed by atoms with Crippen LogP contribution >= 0.6 is 24.0 Å². The number of carbonyl (C=O) groups is 1. The number of amides is 1. The van der Waals surface area contributed by atoms with E-state index in [0.717, 1.165) is 18.5 Å². The molecule has 1 aromatic rings. The summed E-state index contributed by atoms with van der Waals surface area (Å²) < 4.78 is 13.8. The normalized spacial score (nSPS) is 21.3. The van der Waals surface area contributed by atoms with E-state index in [2.05, 4.69) is 29.4 Å². The standard InChI is InChI=1S/C16H23ClFN3O.ClH/c1-10(2)21-7-6-14(20-15(22)9-19-3)16(21)11-4-5-12(17)13(18)8-11;/h4-5,8,10,14,16,19H,6-7,9H2,1-3H3,(H,20,22);1H. The Kier molecular flexibility index (Phi) is 7.74. The summed E-state index contributed by atoms with van der Waals surface area (Å²) in [7, 11) is 1.74. The van der Waals surface area contributed by atoms with Gasteiger partial charge in [-0.3, -0.25) is 9.69 Å². The average molecular weight is 364 g/mol. The molecule has 0 spiro atoms. The molecular weight excluding hydrogens is 340 g/mol. The molecule has 1 heterocycles. The largest absolute Gasteiger partial charge is 0.350 e. The van der Waals surface area contributed by atoms with Gasteiger partial charge in [0, 0.05) is 18.6 Å². The van der Waals surface area contributed by atoms with Crippen LogP contribution in [0.4, 0.5) is 4.39 Å². The van der Waals surface area contributed by atoms with E-state index in [0.29, 0.717) is 6.04 Å². The first kappa shape index (κ1) is 20.2. The second kappa shape index (κ2) is 8.83. The molecule has 2 unspecified atom stereocenters. The van der Waals surface area contributed by atoms with Crippen LogP contribution in [0.25, 0.3) is 0 Å². The Labute approximate surface area is 148 Å². The van der Waals surface area contributed by atoms with Crippen LogP contribution in [-0.2, 0) is 4.79 Å². The van der Waals surface area contributed by atoms with Gasteiger partial charge in [-0.15, -0.1) is 12.4 Å². The third kappa shape index (κ3) is 4.80. The molecule has 0 aliphatic carbocycles. The number of rotatable bonds is 5. The van der Waals surface area contributed by atoms with Gasteiger partial charge in [0.25, 0.3) is 0 Å². The van der Waals surface area contributed by atoms with E-state index in [1.807, 2.05) is 6.07 Å². The van der Waals surface area contributed by atoms with E-state index in [4.69, 9.17) is 11.6 Å². The van der Waals surface area contributed by atoms with Crippen molar-refractivity contribution in [1.82, 2.24) is 15.5 Å². The minimum Gasteiger partial charge on any atom is -0.350 e. The topological polar surface area (TPSA) is 44.4 Å². The first-order valence-corrected chi connectivity index (χ1v) is 7.96. The van der Waals surface area contributed by atoms with Gasteiger partial charge in [-0.2, -0.15) is 0 Å². The zero-order valence-electron chi connectivity index (χ0n) is 13.6. The number of nitrogens with zero attached hydrogens (tertiary/aromatic N) is 1. The number of likely N-dealkylation sites (tertiary alicyclic amines) is 1. The molecule has 0 aromatic heterocycles. The summed E-state index contributed by atoms with van der Waals surface area (Å²) in [6.07, 6.45) is 0.850. The fourth-order valence-electron chi connectivity index (χ4n) is 3.09. The number of halogens is 3. The van der Waals surface area contributed by atoms with Gasteiger partial charge in [0.15, 0.2) is 0 Å². The summed E-state index contributed by atoms with van der Waals surface area (Å²) in [6, 6.07) is 5.15. The molecule has 1 fully saturated rings. The lowest BCUT2D eigenvalue weighted by atomic mass is 9.99. The fraction of sp³-hybridized carbons (Fsp3) is 0.562. The van der Waals surface area contributed by atoms with Gasteiger partial charge in [-0.05, 0) is 45.0 Å². The maximum absolute atomic E-state index is 13.8. The summed E-state index contributed by atoms with van der Waals surface area (Å²) in [5.74, 6) is -0.465. The van der Waals surface area contributed by atoms with Crippen molar-refractivity contribution >= 4 is 29.9 Å². The Morgan fingerprint density at radius 3 is 2.74 bits per heavy atom. The van der Waals surface area contributed by atoms with Crippen LogP contribution in [0, 0.1) is 5.82 Å². The molecule has 0 bridgehead atoms. The monoisotopic (exact) mass is 363 g/mol. The van der Waals surface area contributed by atoms with Crippen LogP contribution in [0.1, 0.15) is 31.9 Å². The summed E-state index contributed by atoms with van der Waals surface area (Å²) in [5.41, 5.74) is 0.850. The van der Waals surface area contributed by atoms with Crippen molar-refractivity contribution in [3.63, 3.8) is 0 Å². The van der Waals surface area contributed by atoms with Gasteiger partial charge in [-0.1, -0.05) is 17.7 Å². The van der Waals surface area contributed by atoms with E-state index < -0.39 is 5.82 Å². The predicted molar refractivity (Wildman–Crippen MR) is 93.7 cm³/mol. The van der Waals surface area contributed by atoms with Crippen LogP contribution in [0.15, 0.2) is 18.2 Å². The molecule has 1 aliphatic heterocycles. The van der Waals surface area contributed by atoms with Crippen molar-refractivity contribution in [2.24, 2.45) is 0 Å². The molecule has 0 saturated carbocycles. The summed E-state index contributed by atoms with van der Waals surface area (Å²) >= 11 is 5.78. The Hall–Kier alpha value is -0.880. The Morgan fingerprint density at radius 1 is 1.48 bits per heavy atom. The van der Waals surface area contributed by atoms with Gasteiger partial charge in [0.1, 0.15) is 5.82 Å². The van der Waals surface area contributed by atoms with Gasteiger partial charge >= 0.3 is 0 Å². The first-order chi connectivity index (χ1) is 10.4. The highest BCUT2D eigenvalue weighted by Crippen LogP contribution is 2.35. The van der Waals surface area contributed by atoms with Crippen LogP contribution in [0.5, 0.6) is 0 Å². The van der Waals surface area contributed by atoms with Crippen LogP contribution in [0.2, 0.25) is 5.02 Å². The predicted octanol–water partition coefficient (Wildman–Crippen LogP) is 2.76. The number of carbonyl (C=O) groups excluding carboxylic acids is 1. The van der Waals surface area contributed by atoms with Crippen molar-refractivity contribution in [3.8, 4) is 0 Å². The molecule has 0 radical (unpaired) electrons. The molecule has 130 valence electrons. The SMILES string of the molecule is CNCC(=O)NC1CCN(C(C)C)C1c1ccc(Cl)c(F)c1.Cl. The average Bonchev–Trinajstić information content (AvgIpc) is 2.86. The maximum Gasteiger partial charge on any atom is 0.234 e. The first-order valence-electron chi connectivity index (χ1n) is 7.58. The smallest absolute Gasteiger partial charge is 0.234 e. The fourth-order valence-corrected chi connectivity index (χ4v) is 3.20. The molecule has 1 saturated heterocycles. The molecular formula is C16H24Cl2FN3O. The van der Waals surface area contributed by atoms with Gasteiger partial charge in [0.05, 0.1) is 17.6 Å². The van der Waals surface area contributed by atoms with Crippen LogP contribution in [0.3, 0.4) is 0 Å². The number of hydrogen-bond acceptors (Lipinski definition) is 3. The second-order valence-corrected chi connectivity index (χ2v) is 6.35. The van der Waals surface area contributed by atoms with E-state index >= 15 is 0 Å². The lowest BCUT2D eigenvalue weighted by Gasteiger charge is -2.32. The second-order valence-electron chi connectivity index (χ2n) is 5.94. The van der Waals surface area contributed by atoms with E-state index in [-0.39, 0.29) is 42.0 Å². The molecule has 1 amide bonds. The zero-order chi connectivity index (χ0) is 16.3. The van der Waals surface area contributed by atoms with E-state index in [1.165, 1.54) is 6.07 Å². The summed E-state index contributed by atoms with van der Waals surface area (Å²) in [6.45, 7) is 5.37. The van der Waals surface area contributed by atoms with Crippen molar-refractivity contribution in [3.05, 3.63) is 34.6 Å². The molecule has 1 aromatic carbocycles. The van der Waals surface area contributed by atoms with Crippen LogP contribution < -0.4 is 10.6 Å². The van der Waals surface area contributed by atoms with E-state index in [9.17, 15) is 9.18 Å². The van der Waals surface area contributed by atoms with Crippen molar-refractivity contribution in [1.29, 1.82) is 0 Å². The quantitative estimate of drug-likeness (QED) is 0.845. The lowest BCUT2D eigenvalue weighted by Crippen LogP contribution is -2.43. The van der Waals surface area contributed by atoms with Crippen molar-refractivity contribution in [2.75, 3.05) is 20.1 Å². The van der Waals surface area contributed by atoms with Crippen molar-refractivity contribution < 1.29 is 9.18 Å². The number of likely N-dealkylation sites (N-methyl/N-ethyl adjacent to an activating group) is 1.